The van der Waals surface area contributed by atoms with Gasteiger partial charge in [0, 0.05) is 43.1 Å². The number of rotatable bonds is 6. The first-order valence-corrected chi connectivity index (χ1v) is 9.37. The predicted molar refractivity (Wildman–Crippen MR) is 106 cm³/mol. The number of hydrogen-bond acceptors (Lipinski definition) is 6. The third kappa shape index (κ3) is 3.92. The molecule has 0 aliphatic rings. The van der Waals surface area contributed by atoms with Crippen LogP contribution in [0.4, 0.5) is 5.13 Å². The smallest absolute Gasteiger partial charge is 0.207 e. The molecule has 3 aromatic rings. The van der Waals surface area contributed by atoms with Gasteiger partial charge < -0.3 is 9.64 Å². The van der Waals surface area contributed by atoms with Gasteiger partial charge in [0.05, 0.1) is 0 Å². The molecule has 0 aliphatic heterocycles. The van der Waals surface area contributed by atoms with Gasteiger partial charge in [0.25, 0.3) is 0 Å². The number of aryl methyl sites for hydroxylation is 3. The van der Waals surface area contributed by atoms with Gasteiger partial charge in [-0.2, -0.15) is 9.36 Å². The zero-order valence-corrected chi connectivity index (χ0v) is 16.7. The van der Waals surface area contributed by atoms with Crippen molar-refractivity contribution in [3.05, 3.63) is 58.9 Å². The van der Waals surface area contributed by atoms with Crippen LogP contribution in [-0.2, 0) is 11.3 Å². The molecule has 0 radical (unpaired) electrons. The molecule has 3 rings (SSSR count). The number of anilines is 1. The molecule has 136 valence electrons. The Morgan fingerprint density at radius 1 is 1.19 bits per heavy atom. The van der Waals surface area contributed by atoms with Crippen LogP contribution in [0.1, 0.15) is 29.2 Å². The van der Waals surface area contributed by atoms with Gasteiger partial charge in [-0.1, -0.05) is 23.8 Å². The summed E-state index contributed by atoms with van der Waals surface area (Å²) >= 11 is 1.40. The summed E-state index contributed by atoms with van der Waals surface area (Å²) < 4.78 is 10.2. The Morgan fingerprint density at radius 2 is 1.92 bits per heavy atom. The van der Waals surface area contributed by atoms with E-state index in [1.54, 1.807) is 13.3 Å². The van der Waals surface area contributed by atoms with Gasteiger partial charge in [0.1, 0.15) is 6.23 Å². The normalized spacial score (nSPS) is 12.2. The van der Waals surface area contributed by atoms with E-state index in [9.17, 15) is 0 Å². The van der Waals surface area contributed by atoms with Crippen molar-refractivity contribution in [2.45, 2.75) is 40.5 Å². The highest BCUT2D eigenvalue weighted by Gasteiger charge is 2.21. The Kier molecular flexibility index (Phi) is 5.64. The molecule has 1 unspecified atom stereocenters. The van der Waals surface area contributed by atoms with E-state index in [1.807, 2.05) is 19.2 Å². The van der Waals surface area contributed by atoms with Crippen molar-refractivity contribution in [1.82, 2.24) is 14.3 Å². The van der Waals surface area contributed by atoms with Crippen molar-refractivity contribution in [2.75, 3.05) is 12.0 Å². The van der Waals surface area contributed by atoms with Crippen molar-refractivity contribution < 1.29 is 4.74 Å². The van der Waals surface area contributed by atoms with E-state index < -0.39 is 0 Å². The number of ether oxygens (including phenoxy) is 1. The topological polar surface area (TPSA) is 51.1 Å². The minimum Gasteiger partial charge on any atom is -0.362 e. The van der Waals surface area contributed by atoms with Crippen LogP contribution in [0, 0.1) is 20.8 Å². The summed E-state index contributed by atoms with van der Waals surface area (Å²) in [6.45, 7) is 9.02. The van der Waals surface area contributed by atoms with Gasteiger partial charge >= 0.3 is 0 Å². The van der Waals surface area contributed by atoms with E-state index in [-0.39, 0.29) is 6.23 Å². The van der Waals surface area contributed by atoms with Crippen molar-refractivity contribution in [2.24, 2.45) is 0 Å². The average molecular weight is 369 g/mol. The molecule has 1 aromatic carbocycles. The third-order valence-electron chi connectivity index (χ3n) is 4.42. The zero-order chi connectivity index (χ0) is 18.7. The van der Waals surface area contributed by atoms with Gasteiger partial charge in [0.15, 0.2) is 5.82 Å². The summed E-state index contributed by atoms with van der Waals surface area (Å²) in [6, 6.07) is 8.34. The van der Waals surface area contributed by atoms with Crippen LogP contribution in [0.5, 0.6) is 0 Å². The van der Waals surface area contributed by atoms with Crippen LogP contribution in [0.15, 0.2) is 36.7 Å². The predicted octanol–water partition coefficient (Wildman–Crippen LogP) is 4.52. The summed E-state index contributed by atoms with van der Waals surface area (Å²) in [5.74, 6) is 0.777. The fraction of sp³-hybridized carbons (Fsp3) is 0.350. The zero-order valence-electron chi connectivity index (χ0n) is 15.9. The maximum atomic E-state index is 5.56. The lowest BCUT2D eigenvalue weighted by Gasteiger charge is -2.27. The van der Waals surface area contributed by atoms with Crippen LogP contribution in [-0.4, -0.2) is 27.7 Å². The molecular formula is C20H24N4OS. The molecule has 6 heteroatoms. The van der Waals surface area contributed by atoms with Gasteiger partial charge in [-0.25, -0.2) is 0 Å². The van der Waals surface area contributed by atoms with Crippen LogP contribution in [0.25, 0.3) is 11.4 Å². The van der Waals surface area contributed by atoms with Crippen molar-refractivity contribution in [3.63, 3.8) is 0 Å². The summed E-state index contributed by atoms with van der Waals surface area (Å²) in [5.41, 5.74) is 5.88. The first-order valence-electron chi connectivity index (χ1n) is 8.60. The molecule has 0 spiro atoms. The molecule has 0 fully saturated rings. The lowest BCUT2D eigenvalue weighted by atomic mass is 9.99. The van der Waals surface area contributed by atoms with E-state index in [4.69, 9.17) is 9.72 Å². The molecule has 0 amide bonds. The fourth-order valence-electron chi connectivity index (χ4n) is 3.13. The lowest BCUT2D eigenvalue weighted by molar-refractivity contribution is 0.113. The standard InChI is InChI=1S/C20H24N4OS/c1-13-9-14(2)18(15(3)10-13)19-22-20(26-23-19)24(16(4)25-5)12-17-7-6-8-21-11-17/h6-11,16H,12H2,1-5H3. The van der Waals surface area contributed by atoms with E-state index in [0.717, 1.165) is 22.1 Å². The molecule has 26 heavy (non-hydrogen) atoms. The molecule has 5 nitrogen and oxygen atoms in total. The number of methoxy groups -OCH3 is 1. The highest BCUT2D eigenvalue weighted by Crippen LogP contribution is 2.31. The second-order valence-corrected chi connectivity index (χ2v) is 7.23. The minimum absolute atomic E-state index is 0.115. The van der Waals surface area contributed by atoms with Crippen molar-refractivity contribution in [3.8, 4) is 11.4 Å². The van der Waals surface area contributed by atoms with E-state index in [2.05, 4.69) is 53.2 Å². The average Bonchev–Trinajstić information content (AvgIpc) is 3.08. The summed E-state index contributed by atoms with van der Waals surface area (Å²) in [5, 5.41) is 0.845. The van der Waals surface area contributed by atoms with Crippen LogP contribution in [0.2, 0.25) is 0 Å². The summed E-state index contributed by atoms with van der Waals surface area (Å²) in [7, 11) is 1.71. The molecule has 0 saturated carbocycles. The molecule has 0 N–H and O–H groups in total. The van der Waals surface area contributed by atoms with Crippen molar-refractivity contribution in [1.29, 1.82) is 0 Å². The molecule has 2 heterocycles. The highest BCUT2D eigenvalue weighted by atomic mass is 32.1. The number of aromatic nitrogens is 3. The van der Waals surface area contributed by atoms with Crippen LogP contribution in [0.3, 0.4) is 0 Å². The number of hydrogen-bond donors (Lipinski definition) is 0. The number of benzene rings is 1. The van der Waals surface area contributed by atoms with Crippen LogP contribution >= 0.6 is 11.5 Å². The van der Waals surface area contributed by atoms with Crippen LogP contribution < -0.4 is 4.90 Å². The van der Waals surface area contributed by atoms with E-state index >= 15 is 0 Å². The number of nitrogens with zero attached hydrogens (tertiary/aromatic N) is 4. The Hall–Kier alpha value is -2.31. The van der Waals surface area contributed by atoms with E-state index in [1.165, 1.54) is 28.2 Å². The molecular weight excluding hydrogens is 344 g/mol. The molecule has 0 saturated heterocycles. The maximum absolute atomic E-state index is 5.56. The maximum Gasteiger partial charge on any atom is 0.207 e. The van der Waals surface area contributed by atoms with E-state index in [0.29, 0.717) is 6.54 Å². The highest BCUT2D eigenvalue weighted by molar-refractivity contribution is 7.09. The van der Waals surface area contributed by atoms with Gasteiger partial charge in [-0.05, 0) is 50.5 Å². The largest absolute Gasteiger partial charge is 0.362 e. The summed E-state index contributed by atoms with van der Waals surface area (Å²) in [6.07, 6.45) is 3.53. The summed E-state index contributed by atoms with van der Waals surface area (Å²) in [4.78, 5) is 11.1. The Morgan fingerprint density at radius 3 is 2.54 bits per heavy atom. The van der Waals surface area contributed by atoms with Gasteiger partial charge in [-0.3, -0.25) is 4.98 Å². The van der Waals surface area contributed by atoms with Gasteiger partial charge in [-0.15, -0.1) is 0 Å². The Bertz CT molecular complexity index is 856. The quantitative estimate of drug-likeness (QED) is 0.599. The minimum atomic E-state index is -0.115. The number of pyridine rings is 1. The second kappa shape index (κ2) is 7.93. The SMILES string of the molecule is COC(C)N(Cc1cccnc1)c1nc(-c2c(C)cc(C)cc2C)ns1. The molecule has 0 aliphatic carbocycles. The Labute approximate surface area is 158 Å². The lowest BCUT2D eigenvalue weighted by Crippen LogP contribution is -2.33. The first kappa shape index (κ1) is 18.5. The third-order valence-corrected chi connectivity index (χ3v) is 5.17. The first-order chi connectivity index (χ1) is 12.5. The second-order valence-electron chi connectivity index (χ2n) is 6.50. The molecule has 0 bridgehead atoms. The van der Waals surface area contributed by atoms with Crippen molar-refractivity contribution >= 4 is 16.7 Å². The monoisotopic (exact) mass is 368 g/mol. The molecule has 2 aromatic heterocycles. The molecule has 1 atom stereocenters. The van der Waals surface area contributed by atoms with Gasteiger partial charge in [0.2, 0.25) is 5.13 Å². The Balaban J connectivity index is 1.95. The fourth-order valence-corrected chi connectivity index (χ4v) is 3.88.